The highest BCUT2D eigenvalue weighted by molar-refractivity contribution is 7.92. The van der Waals surface area contributed by atoms with Gasteiger partial charge in [-0.05, 0) is 43.3 Å². The van der Waals surface area contributed by atoms with Gasteiger partial charge in [-0.15, -0.1) is 0 Å². The summed E-state index contributed by atoms with van der Waals surface area (Å²) in [6.07, 6.45) is 0. The van der Waals surface area contributed by atoms with Gasteiger partial charge >= 0.3 is 0 Å². The van der Waals surface area contributed by atoms with Crippen molar-refractivity contribution < 1.29 is 26.7 Å². The lowest BCUT2D eigenvalue weighted by molar-refractivity contribution is -0.114. The van der Waals surface area contributed by atoms with Crippen LogP contribution in [0.15, 0.2) is 77.7 Å². The third-order valence-corrected chi connectivity index (χ3v) is 6.05. The standard InChI is InChI=1S/C22H20F2N2O4S/c1-2-30-20-14-7-6-13-19(20)26(31(28,29)16-9-4-3-5-10-16)15-21(27)25-22-17(23)11-8-12-18(22)24/h3-14H,2,15H2,1H3,(H,25,27). The Morgan fingerprint density at radius 3 is 2.19 bits per heavy atom. The Hall–Kier alpha value is -3.46. The molecule has 6 nitrogen and oxygen atoms in total. The SMILES string of the molecule is CCOc1ccccc1N(CC(=O)Nc1c(F)cccc1F)S(=O)(=O)c1ccccc1. The van der Waals surface area contributed by atoms with Crippen LogP contribution in [-0.2, 0) is 14.8 Å². The number of anilines is 2. The number of para-hydroxylation sites is 3. The average Bonchev–Trinajstić information content (AvgIpc) is 2.76. The highest BCUT2D eigenvalue weighted by atomic mass is 32.2. The van der Waals surface area contributed by atoms with Gasteiger partial charge in [-0.1, -0.05) is 36.4 Å². The van der Waals surface area contributed by atoms with E-state index in [-0.39, 0.29) is 22.9 Å². The molecule has 3 aromatic carbocycles. The molecule has 9 heteroatoms. The topological polar surface area (TPSA) is 75.7 Å². The van der Waals surface area contributed by atoms with Gasteiger partial charge < -0.3 is 10.1 Å². The molecule has 0 aromatic heterocycles. The summed E-state index contributed by atoms with van der Waals surface area (Å²) in [5, 5.41) is 2.12. The second kappa shape index (κ2) is 9.57. The molecule has 0 saturated carbocycles. The van der Waals surface area contributed by atoms with Gasteiger partial charge in [0.05, 0.1) is 17.2 Å². The summed E-state index contributed by atoms with van der Waals surface area (Å²) in [6, 6.07) is 17.0. The van der Waals surface area contributed by atoms with Gasteiger partial charge in [0, 0.05) is 0 Å². The van der Waals surface area contributed by atoms with Gasteiger partial charge in [0.25, 0.3) is 10.0 Å². The van der Waals surface area contributed by atoms with Crippen LogP contribution in [0, 0.1) is 11.6 Å². The van der Waals surface area contributed by atoms with Gasteiger partial charge in [0.1, 0.15) is 29.6 Å². The van der Waals surface area contributed by atoms with Gasteiger partial charge in [-0.2, -0.15) is 0 Å². The van der Waals surface area contributed by atoms with Crippen molar-refractivity contribution in [2.24, 2.45) is 0 Å². The van der Waals surface area contributed by atoms with E-state index in [1.54, 1.807) is 43.3 Å². The Morgan fingerprint density at radius 2 is 1.55 bits per heavy atom. The number of carbonyl (C=O) groups excluding carboxylic acids is 1. The quantitative estimate of drug-likeness (QED) is 0.563. The zero-order valence-corrected chi connectivity index (χ0v) is 17.4. The van der Waals surface area contributed by atoms with E-state index in [4.69, 9.17) is 4.74 Å². The Kier molecular flexibility index (Phi) is 6.86. The van der Waals surface area contributed by atoms with Gasteiger partial charge in [-0.25, -0.2) is 17.2 Å². The number of halogens is 2. The fourth-order valence-corrected chi connectivity index (χ4v) is 4.34. The fourth-order valence-electron chi connectivity index (χ4n) is 2.89. The lowest BCUT2D eigenvalue weighted by Crippen LogP contribution is -2.38. The van der Waals surface area contributed by atoms with E-state index in [0.717, 1.165) is 22.5 Å². The second-order valence-corrected chi connectivity index (χ2v) is 8.23. The Labute approximate surface area is 179 Å². The summed E-state index contributed by atoms with van der Waals surface area (Å²) in [6.45, 7) is 1.28. The van der Waals surface area contributed by atoms with Crippen molar-refractivity contribution in [3.8, 4) is 5.75 Å². The molecule has 0 aliphatic heterocycles. The third-order valence-electron chi connectivity index (χ3n) is 4.28. The molecular formula is C22H20F2N2O4S. The Bertz CT molecular complexity index is 1150. The lowest BCUT2D eigenvalue weighted by Gasteiger charge is -2.26. The summed E-state index contributed by atoms with van der Waals surface area (Å²) in [4.78, 5) is 12.6. The first-order valence-electron chi connectivity index (χ1n) is 9.38. The second-order valence-electron chi connectivity index (χ2n) is 6.37. The number of nitrogens with one attached hydrogen (secondary N) is 1. The lowest BCUT2D eigenvalue weighted by atomic mass is 10.2. The summed E-state index contributed by atoms with van der Waals surface area (Å²) in [5.41, 5.74) is -0.528. The predicted molar refractivity (Wildman–Crippen MR) is 114 cm³/mol. The normalized spacial score (nSPS) is 11.1. The summed E-state index contributed by atoms with van der Waals surface area (Å²) >= 11 is 0. The van der Waals surface area contributed by atoms with Crippen molar-refractivity contribution in [1.29, 1.82) is 0 Å². The molecule has 1 amide bonds. The van der Waals surface area contributed by atoms with Crippen LogP contribution in [0.2, 0.25) is 0 Å². The van der Waals surface area contributed by atoms with Crippen molar-refractivity contribution in [3.05, 3.63) is 84.4 Å². The molecule has 0 aliphatic rings. The summed E-state index contributed by atoms with van der Waals surface area (Å²) < 4.78 is 60.9. The van der Waals surface area contributed by atoms with Crippen molar-refractivity contribution in [1.82, 2.24) is 0 Å². The molecule has 0 bridgehead atoms. The number of sulfonamides is 1. The molecule has 0 saturated heterocycles. The summed E-state index contributed by atoms with van der Waals surface area (Å²) in [7, 11) is -4.20. The minimum absolute atomic E-state index is 0.0498. The van der Waals surface area contributed by atoms with Crippen molar-refractivity contribution in [2.45, 2.75) is 11.8 Å². The largest absolute Gasteiger partial charge is 0.492 e. The maximum absolute atomic E-state index is 13.9. The van der Waals surface area contributed by atoms with Crippen LogP contribution in [0.5, 0.6) is 5.75 Å². The van der Waals surface area contributed by atoms with Crippen LogP contribution in [0.25, 0.3) is 0 Å². The number of rotatable bonds is 8. The zero-order valence-electron chi connectivity index (χ0n) is 16.6. The Morgan fingerprint density at radius 1 is 0.935 bits per heavy atom. The molecule has 0 radical (unpaired) electrons. The molecule has 3 rings (SSSR count). The number of hydrogen-bond acceptors (Lipinski definition) is 4. The molecule has 31 heavy (non-hydrogen) atoms. The van der Waals surface area contributed by atoms with E-state index in [9.17, 15) is 22.0 Å². The van der Waals surface area contributed by atoms with E-state index in [2.05, 4.69) is 5.32 Å². The molecule has 162 valence electrons. The van der Waals surface area contributed by atoms with E-state index in [0.29, 0.717) is 0 Å². The molecule has 0 fully saturated rings. The maximum Gasteiger partial charge on any atom is 0.264 e. The number of hydrogen-bond donors (Lipinski definition) is 1. The van der Waals surface area contributed by atoms with E-state index in [1.165, 1.54) is 18.2 Å². The van der Waals surface area contributed by atoms with Gasteiger partial charge in [0.2, 0.25) is 5.91 Å². The molecule has 3 aromatic rings. The average molecular weight is 446 g/mol. The molecule has 1 N–H and O–H groups in total. The van der Waals surface area contributed by atoms with Crippen LogP contribution in [0.3, 0.4) is 0 Å². The third kappa shape index (κ3) is 5.00. The maximum atomic E-state index is 13.9. The molecule has 0 unspecified atom stereocenters. The molecule has 0 spiro atoms. The van der Waals surface area contributed by atoms with Gasteiger partial charge in [-0.3, -0.25) is 9.10 Å². The first kappa shape index (κ1) is 22.2. The highest BCUT2D eigenvalue weighted by Crippen LogP contribution is 2.32. The van der Waals surface area contributed by atoms with Crippen molar-refractivity contribution in [2.75, 3.05) is 22.8 Å². The number of nitrogens with zero attached hydrogens (tertiary/aromatic N) is 1. The van der Waals surface area contributed by atoms with Crippen molar-refractivity contribution >= 4 is 27.3 Å². The Balaban J connectivity index is 2.02. The minimum Gasteiger partial charge on any atom is -0.492 e. The van der Waals surface area contributed by atoms with Crippen LogP contribution in [0.4, 0.5) is 20.2 Å². The predicted octanol–water partition coefficient (Wildman–Crippen LogP) is 4.20. The molecule has 0 heterocycles. The van der Waals surface area contributed by atoms with E-state index >= 15 is 0 Å². The highest BCUT2D eigenvalue weighted by Gasteiger charge is 2.29. The van der Waals surface area contributed by atoms with E-state index in [1.807, 2.05) is 0 Å². The minimum atomic E-state index is -4.20. The zero-order chi connectivity index (χ0) is 22.4. The number of carbonyl (C=O) groups is 1. The monoisotopic (exact) mass is 446 g/mol. The fraction of sp³-hybridized carbons (Fsp3) is 0.136. The van der Waals surface area contributed by atoms with Crippen LogP contribution >= 0.6 is 0 Å². The van der Waals surface area contributed by atoms with E-state index < -0.39 is 39.8 Å². The molecule has 0 aliphatic carbocycles. The number of ether oxygens (including phenoxy) is 1. The molecular weight excluding hydrogens is 426 g/mol. The van der Waals surface area contributed by atoms with Crippen LogP contribution in [-0.4, -0.2) is 27.5 Å². The molecule has 0 atom stereocenters. The van der Waals surface area contributed by atoms with Crippen molar-refractivity contribution in [3.63, 3.8) is 0 Å². The van der Waals surface area contributed by atoms with Crippen LogP contribution < -0.4 is 14.4 Å². The summed E-state index contributed by atoms with van der Waals surface area (Å²) in [5.74, 6) is -2.62. The van der Waals surface area contributed by atoms with Crippen LogP contribution in [0.1, 0.15) is 6.92 Å². The number of amides is 1. The number of benzene rings is 3. The first-order chi connectivity index (χ1) is 14.8. The smallest absolute Gasteiger partial charge is 0.264 e. The first-order valence-corrected chi connectivity index (χ1v) is 10.8. The van der Waals surface area contributed by atoms with Gasteiger partial charge in [0.15, 0.2) is 0 Å².